The molecule has 5 heteroatoms. The second kappa shape index (κ2) is 7.55. The van der Waals surface area contributed by atoms with Crippen LogP contribution in [0.3, 0.4) is 0 Å². The van der Waals surface area contributed by atoms with Crippen LogP contribution in [0.4, 0.5) is 0 Å². The number of para-hydroxylation sites is 2. The normalized spacial score (nSPS) is 12.1. The highest BCUT2D eigenvalue weighted by atomic mass is 16.4. The van der Waals surface area contributed by atoms with E-state index in [2.05, 4.69) is 65.2 Å². The molecule has 0 atom stereocenters. The first kappa shape index (κ1) is 20.6. The molecular weight excluding hydrogens is 482 g/mol. The lowest BCUT2D eigenvalue weighted by Crippen LogP contribution is -2.03. The van der Waals surface area contributed by atoms with Crippen molar-refractivity contribution in [2.45, 2.75) is 0 Å². The summed E-state index contributed by atoms with van der Waals surface area (Å²) in [5.74, 6) is 0.579. The fourth-order valence-corrected chi connectivity index (χ4v) is 5.90. The maximum absolute atomic E-state index is 6.40. The van der Waals surface area contributed by atoms with Gasteiger partial charge in [0, 0.05) is 27.1 Å². The highest BCUT2D eigenvalue weighted by molar-refractivity contribution is 6.20. The predicted octanol–water partition coefficient (Wildman–Crippen LogP) is 9.04. The van der Waals surface area contributed by atoms with Crippen LogP contribution in [0.5, 0.6) is 0 Å². The van der Waals surface area contributed by atoms with Gasteiger partial charge in [0.2, 0.25) is 5.95 Å². The number of furan rings is 2. The Hall–Kier alpha value is -5.42. The fourth-order valence-electron chi connectivity index (χ4n) is 5.90. The molecule has 182 valence electrons. The van der Waals surface area contributed by atoms with Crippen LogP contribution in [-0.2, 0) is 0 Å². The van der Waals surface area contributed by atoms with Gasteiger partial charge in [-0.3, -0.25) is 4.57 Å². The van der Waals surface area contributed by atoms with Crippen LogP contribution in [-0.4, -0.2) is 14.5 Å². The molecule has 0 bridgehead atoms. The highest BCUT2D eigenvalue weighted by Gasteiger charge is 2.26. The third-order valence-corrected chi connectivity index (χ3v) is 7.62. The molecule has 0 radical (unpaired) electrons. The highest BCUT2D eigenvalue weighted by Crippen LogP contribution is 2.43. The van der Waals surface area contributed by atoms with Crippen molar-refractivity contribution in [1.82, 2.24) is 14.5 Å². The third-order valence-electron chi connectivity index (χ3n) is 7.62. The third kappa shape index (κ3) is 2.79. The van der Waals surface area contributed by atoms with Crippen molar-refractivity contribution in [1.29, 1.82) is 0 Å². The number of hydrogen-bond donors (Lipinski definition) is 0. The minimum Gasteiger partial charge on any atom is -0.450 e. The molecule has 0 aliphatic heterocycles. The van der Waals surface area contributed by atoms with Crippen LogP contribution in [0.2, 0.25) is 0 Å². The standard InChI is InChI=1S/C34H19N3O2/c1-2-11-21(12-3-1)28-25-19-18-20-10-4-5-13-22(20)29(25)36-34(35-28)37-30-23-14-6-8-16-26(23)38-32(30)33-31(37)24-15-7-9-17-27(24)39-33/h1-19H. The Labute approximate surface area is 221 Å². The van der Waals surface area contributed by atoms with E-state index in [0.29, 0.717) is 17.1 Å². The van der Waals surface area contributed by atoms with Gasteiger partial charge in [-0.25, -0.2) is 9.97 Å². The lowest BCUT2D eigenvalue weighted by atomic mass is 10.0. The van der Waals surface area contributed by atoms with E-state index in [0.717, 1.165) is 65.9 Å². The molecule has 0 amide bonds. The van der Waals surface area contributed by atoms with Crippen LogP contribution < -0.4 is 0 Å². The summed E-state index contributed by atoms with van der Waals surface area (Å²) in [6.45, 7) is 0. The van der Waals surface area contributed by atoms with Crippen LogP contribution in [0.15, 0.2) is 124 Å². The fraction of sp³-hybridized carbons (Fsp3) is 0. The van der Waals surface area contributed by atoms with Crippen molar-refractivity contribution in [2.24, 2.45) is 0 Å². The van der Waals surface area contributed by atoms with E-state index in [1.165, 1.54) is 0 Å². The summed E-state index contributed by atoms with van der Waals surface area (Å²) in [6.07, 6.45) is 0. The SMILES string of the molecule is c1ccc(-c2nc(-n3c4c5ccccc5oc4c4oc5ccccc5c43)nc3c2ccc2ccccc23)cc1. The first-order valence-corrected chi connectivity index (χ1v) is 12.9. The lowest BCUT2D eigenvalue weighted by Gasteiger charge is -2.13. The molecule has 39 heavy (non-hydrogen) atoms. The summed E-state index contributed by atoms with van der Waals surface area (Å²) in [5.41, 5.74) is 7.64. The average molecular weight is 502 g/mol. The molecule has 0 fully saturated rings. The topological polar surface area (TPSA) is 57.0 Å². The van der Waals surface area contributed by atoms with Crippen LogP contribution >= 0.6 is 0 Å². The maximum atomic E-state index is 6.40. The zero-order valence-electron chi connectivity index (χ0n) is 20.6. The Morgan fingerprint density at radius 3 is 1.77 bits per heavy atom. The number of fused-ring (bicyclic) bond motifs is 10. The number of rotatable bonds is 2. The summed E-state index contributed by atoms with van der Waals surface area (Å²) in [7, 11) is 0. The van der Waals surface area contributed by atoms with Gasteiger partial charge >= 0.3 is 0 Å². The zero-order chi connectivity index (χ0) is 25.5. The van der Waals surface area contributed by atoms with E-state index in [1.54, 1.807) is 0 Å². The maximum Gasteiger partial charge on any atom is 0.236 e. The molecule has 0 aliphatic rings. The minimum absolute atomic E-state index is 0.579. The Balaban J connectivity index is 1.52. The van der Waals surface area contributed by atoms with Gasteiger partial charge in [-0.15, -0.1) is 0 Å². The van der Waals surface area contributed by atoms with Crippen LogP contribution in [0.25, 0.3) is 83.0 Å². The Bertz CT molecular complexity index is 2310. The Kier molecular flexibility index (Phi) is 3.99. The van der Waals surface area contributed by atoms with Crippen molar-refractivity contribution in [2.75, 3.05) is 0 Å². The average Bonchev–Trinajstić information content (AvgIpc) is 3.65. The second-order valence-electron chi connectivity index (χ2n) is 9.81. The summed E-state index contributed by atoms with van der Waals surface area (Å²) >= 11 is 0. The van der Waals surface area contributed by atoms with Crippen molar-refractivity contribution < 1.29 is 8.83 Å². The molecule has 0 saturated heterocycles. The number of nitrogens with zero attached hydrogens (tertiary/aromatic N) is 3. The van der Waals surface area contributed by atoms with Crippen LogP contribution in [0, 0.1) is 0 Å². The van der Waals surface area contributed by atoms with Gasteiger partial charge in [0.1, 0.15) is 22.2 Å². The Morgan fingerprint density at radius 1 is 0.487 bits per heavy atom. The molecule has 0 aliphatic carbocycles. The van der Waals surface area contributed by atoms with Gasteiger partial charge in [-0.2, -0.15) is 0 Å². The lowest BCUT2D eigenvalue weighted by molar-refractivity contribution is 0.634. The van der Waals surface area contributed by atoms with E-state index in [9.17, 15) is 0 Å². The van der Waals surface area contributed by atoms with Crippen molar-refractivity contribution >= 4 is 65.8 Å². The molecule has 0 saturated carbocycles. The van der Waals surface area contributed by atoms with Gasteiger partial charge in [0.05, 0.1) is 11.2 Å². The van der Waals surface area contributed by atoms with Gasteiger partial charge in [0.25, 0.3) is 0 Å². The van der Waals surface area contributed by atoms with Gasteiger partial charge in [-0.1, -0.05) is 84.9 Å². The van der Waals surface area contributed by atoms with Crippen LogP contribution in [0.1, 0.15) is 0 Å². The van der Waals surface area contributed by atoms with Gasteiger partial charge in [-0.05, 0) is 35.7 Å². The largest absolute Gasteiger partial charge is 0.450 e. The van der Waals surface area contributed by atoms with Gasteiger partial charge in [0.15, 0.2) is 11.2 Å². The van der Waals surface area contributed by atoms with Crippen molar-refractivity contribution in [3.05, 3.63) is 115 Å². The first-order valence-electron chi connectivity index (χ1n) is 12.9. The number of aromatic nitrogens is 3. The summed E-state index contributed by atoms with van der Waals surface area (Å²) in [4.78, 5) is 10.5. The van der Waals surface area contributed by atoms with Crippen molar-refractivity contribution in [3.8, 4) is 17.2 Å². The van der Waals surface area contributed by atoms with E-state index in [4.69, 9.17) is 18.8 Å². The summed E-state index contributed by atoms with van der Waals surface area (Å²) in [5, 5.41) is 5.22. The predicted molar refractivity (Wildman–Crippen MR) is 156 cm³/mol. The van der Waals surface area contributed by atoms with E-state index >= 15 is 0 Å². The molecule has 0 N–H and O–H groups in total. The van der Waals surface area contributed by atoms with E-state index < -0.39 is 0 Å². The van der Waals surface area contributed by atoms with Crippen molar-refractivity contribution in [3.63, 3.8) is 0 Å². The molecule has 5 aromatic carbocycles. The zero-order valence-corrected chi connectivity index (χ0v) is 20.6. The molecule has 0 spiro atoms. The summed E-state index contributed by atoms with van der Waals surface area (Å²) < 4.78 is 14.9. The molecule has 4 aromatic heterocycles. The smallest absolute Gasteiger partial charge is 0.236 e. The summed E-state index contributed by atoms with van der Waals surface area (Å²) in [6, 6.07) is 39.1. The van der Waals surface area contributed by atoms with E-state index in [-0.39, 0.29) is 0 Å². The Morgan fingerprint density at radius 2 is 1.08 bits per heavy atom. The first-order chi connectivity index (χ1) is 19.3. The molecule has 5 nitrogen and oxygen atoms in total. The number of hydrogen-bond acceptors (Lipinski definition) is 4. The number of benzene rings is 5. The molecule has 9 aromatic rings. The molecule has 0 unspecified atom stereocenters. The molecular formula is C34H19N3O2. The molecule has 4 heterocycles. The quantitative estimate of drug-likeness (QED) is 0.222. The van der Waals surface area contributed by atoms with E-state index in [1.807, 2.05) is 54.6 Å². The van der Waals surface area contributed by atoms with Gasteiger partial charge < -0.3 is 8.83 Å². The molecule has 9 rings (SSSR count). The minimum atomic E-state index is 0.579. The monoisotopic (exact) mass is 501 g/mol. The second-order valence-corrected chi connectivity index (χ2v) is 9.81.